The van der Waals surface area contributed by atoms with Crippen molar-refractivity contribution in [1.29, 1.82) is 0 Å². The first-order chi connectivity index (χ1) is 10.8. The Kier molecular flexibility index (Phi) is 5.46. The molecule has 0 radical (unpaired) electrons. The number of benzene rings is 2. The first-order valence-corrected chi connectivity index (χ1v) is 8.41. The molecule has 23 heavy (non-hydrogen) atoms. The third kappa shape index (κ3) is 4.13. The lowest BCUT2D eigenvalue weighted by Gasteiger charge is -2.15. The fraction of sp³-hybridized carbons (Fsp3) is 0.250. The summed E-state index contributed by atoms with van der Waals surface area (Å²) in [5, 5.41) is 2.95. The topological polar surface area (TPSA) is 49.4 Å². The number of hydrogen-bond donors (Lipinski definition) is 1. The van der Waals surface area contributed by atoms with Crippen molar-refractivity contribution >= 4 is 10.0 Å². The molecule has 2 rings (SSSR count). The van der Waals surface area contributed by atoms with Crippen molar-refractivity contribution in [2.75, 3.05) is 14.1 Å². The van der Waals surface area contributed by atoms with Crippen molar-refractivity contribution in [3.8, 4) is 0 Å². The lowest BCUT2D eigenvalue weighted by Crippen LogP contribution is -2.24. The van der Waals surface area contributed by atoms with Crippen LogP contribution in [-0.2, 0) is 23.1 Å². The predicted molar refractivity (Wildman–Crippen MR) is 84.2 cm³/mol. The summed E-state index contributed by atoms with van der Waals surface area (Å²) in [6, 6.07) is 9.82. The van der Waals surface area contributed by atoms with Gasteiger partial charge in [0.25, 0.3) is 0 Å². The largest absolute Gasteiger partial charge is 0.308 e. The second-order valence-electron chi connectivity index (χ2n) is 5.23. The number of halogens is 2. The van der Waals surface area contributed by atoms with E-state index in [1.54, 1.807) is 18.2 Å². The molecule has 0 aromatic heterocycles. The third-order valence-corrected chi connectivity index (χ3v) is 5.29. The Morgan fingerprint density at radius 1 is 1.00 bits per heavy atom. The van der Waals surface area contributed by atoms with E-state index in [9.17, 15) is 17.2 Å². The molecule has 0 fully saturated rings. The maximum atomic E-state index is 13.6. The van der Waals surface area contributed by atoms with Crippen LogP contribution in [0.25, 0.3) is 0 Å². The summed E-state index contributed by atoms with van der Waals surface area (Å²) >= 11 is 0. The molecule has 0 aliphatic heterocycles. The van der Waals surface area contributed by atoms with E-state index in [0.29, 0.717) is 5.56 Å². The van der Waals surface area contributed by atoms with E-state index >= 15 is 0 Å². The summed E-state index contributed by atoms with van der Waals surface area (Å²) in [5.74, 6) is -1.02. The van der Waals surface area contributed by atoms with Crippen molar-refractivity contribution in [1.82, 2.24) is 9.62 Å². The van der Waals surface area contributed by atoms with Gasteiger partial charge in [-0.2, -0.15) is 0 Å². The summed E-state index contributed by atoms with van der Waals surface area (Å²) < 4.78 is 52.4. The van der Waals surface area contributed by atoms with E-state index in [-0.39, 0.29) is 23.5 Å². The van der Waals surface area contributed by atoms with Crippen LogP contribution in [0.1, 0.15) is 11.1 Å². The van der Waals surface area contributed by atoms with E-state index in [2.05, 4.69) is 5.32 Å². The van der Waals surface area contributed by atoms with Crippen LogP contribution in [0.15, 0.2) is 47.4 Å². The smallest absolute Gasteiger partial charge is 0.242 e. The molecule has 1 N–H and O–H groups in total. The second kappa shape index (κ2) is 7.16. The lowest BCUT2D eigenvalue weighted by molar-refractivity contribution is 0.518. The van der Waals surface area contributed by atoms with E-state index in [4.69, 9.17) is 0 Å². The Morgan fingerprint density at radius 3 is 2.35 bits per heavy atom. The highest BCUT2D eigenvalue weighted by molar-refractivity contribution is 7.89. The average molecular weight is 340 g/mol. The van der Waals surface area contributed by atoms with Gasteiger partial charge in [0, 0.05) is 32.7 Å². The minimum absolute atomic E-state index is 0.0972. The molecule has 2 aromatic rings. The number of hydrogen-bond acceptors (Lipinski definition) is 3. The SMILES string of the molecule is CN(C)S(=O)(=O)c1ccccc1CNCc1cc(F)ccc1F. The molecule has 0 aliphatic rings. The average Bonchev–Trinajstić information content (AvgIpc) is 2.51. The molecular formula is C16H18F2N2O2S. The predicted octanol–water partition coefficient (Wildman–Crippen LogP) is 2.50. The zero-order chi connectivity index (χ0) is 17.0. The zero-order valence-electron chi connectivity index (χ0n) is 12.9. The van der Waals surface area contributed by atoms with Gasteiger partial charge in [-0.3, -0.25) is 0 Å². The zero-order valence-corrected chi connectivity index (χ0v) is 13.7. The summed E-state index contributed by atoms with van der Waals surface area (Å²) in [5.41, 5.74) is 0.760. The van der Waals surface area contributed by atoms with Crippen LogP contribution in [0.2, 0.25) is 0 Å². The Bertz CT molecular complexity index is 792. The Hall–Kier alpha value is -1.83. The fourth-order valence-electron chi connectivity index (χ4n) is 2.11. The highest BCUT2D eigenvalue weighted by Gasteiger charge is 2.20. The maximum absolute atomic E-state index is 13.6. The molecular weight excluding hydrogens is 322 g/mol. The van der Waals surface area contributed by atoms with Gasteiger partial charge < -0.3 is 5.32 Å². The fourth-order valence-corrected chi connectivity index (χ4v) is 3.22. The summed E-state index contributed by atoms with van der Waals surface area (Å²) in [6.07, 6.45) is 0. The van der Waals surface area contributed by atoms with Gasteiger partial charge in [-0.25, -0.2) is 21.5 Å². The van der Waals surface area contributed by atoms with Gasteiger partial charge in [-0.15, -0.1) is 0 Å². The van der Waals surface area contributed by atoms with E-state index in [1.165, 1.54) is 20.2 Å². The molecule has 0 bridgehead atoms. The minimum Gasteiger partial charge on any atom is -0.308 e. The molecule has 124 valence electrons. The lowest BCUT2D eigenvalue weighted by atomic mass is 10.2. The van der Waals surface area contributed by atoms with E-state index < -0.39 is 21.7 Å². The molecule has 0 spiro atoms. The highest BCUT2D eigenvalue weighted by Crippen LogP contribution is 2.18. The molecule has 0 aliphatic carbocycles. The molecule has 0 amide bonds. The van der Waals surface area contributed by atoms with Gasteiger partial charge >= 0.3 is 0 Å². The monoisotopic (exact) mass is 340 g/mol. The molecule has 2 aromatic carbocycles. The molecule has 0 saturated carbocycles. The van der Waals surface area contributed by atoms with Gasteiger partial charge in [-0.1, -0.05) is 18.2 Å². The quantitative estimate of drug-likeness (QED) is 0.879. The number of nitrogens with zero attached hydrogens (tertiary/aromatic N) is 1. The first-order valence-electron chi connectivity index (χ1n) is 6.97. The van der Waals surface area contributed by atoms with Crippen LogP contribution >= 0.6 is 0 Å². The summed E-state index contributed by atoms with van der Waals surface area (Å²) in [4.78, 5) is 0.192. The van der Waals surface area contributed by atoms with Crippen molar-refractivity contribution in [2.45, 2.75) is 18.0 Å². The van der Waals surface area contributed by atoms with Crippen LogP contribution in [0.5, 0.6) is 0 Å². The number of sulfonamides is 1. The van der Waals surface area contributed by atoms with E-state index in [0.717, 1.165) is 22.5 Å². The third-order valence-electron chi connectivity index (χ3n) is 3.37. The normalized spacial score (nSPS) is 11.9. The van der Waals surface area contributed by atoms with Crippen LogP contribution in [0, 0.1) is 11.6 Å². The molecule has 0 heterocycles. The standard InChI is InChI=1S/C16H18F2N2O2S/c1-20(2)23(21,22)16-6-4-3-5-12(16)10-19-11-13-9-14(17)7-8-15(13)18/h3-9,19H,10-11H2,1-2H3. The Labute approximate surface area is 134 Å². The summed E-state index contributed by atoms with van der Waals surface area (Å²) in [6.45, 7) is 0.319. The van der Waals surface area contributed by atoms with E-state index in [1.807, 2.05) is 0 Å². The second-order valence-corrected chi connectivity index (χ2v) is 7.35. The Balaban J connectivity index is 2.14. The highest BCUT2D eigenvalue weighted by atomic mass is 32.2. The molecule has 4 nitrogen and oxygen atoms in total. The van der Waals surface area contributed by atoms with Gasteiger partial charge in [0.2, 0.25) is 10.0 Å². The molecule has 0 unspecified atom stereocenters. The molecule has 0 saturated heterocycles. The Morgan fingerprint density at radius 2 is 1.65 bits per heavy atom. The van der Waals surface area contributed by atoms with Crippen LogP contribution in [0.3, 0.4) is 0 Å². The van der Waals surface area contributed by atoms with Gasteiger partial charge in [0.05, 0.1) is 4.90 Å². The van der Waals surface area contributed by atoms with Gasteiger partial charge in [0.1, 0.15) is 11.6 Å². The molecule has 7 heteroatoms. The molecule has 0 atom stereocenters. The first kappa shape index (κ1) is 17.5. The van der Waals surface area contributed by atoms with Crippen LogP contribution in [0.4, 0.5) is 8.78 Å². The maximum Gasteiger partial charge on any atom is 0.242 e. The minimum atomic E-state index is -3.56. The number of rotatable bonds is 6. The van der Waals surface area contributed by atoms with Crippen molar-refractivity contribution < 1.29 is 17.2 Å². The summed E-state index contributed by atoms with van der Waals surface area (Å²) in [7, 11) is -0.638. The van der Waals surface area contributed by atoms with Gasteiger partial charge in [0.15, 0.2) is 0 Å². The van der Waals surface area contributed by atoms with Crippen LogP contribution in [-0.4, -0.2) is 26.8 Å². The van der Waals surface area contributed by atoms with Crippen molar-refractivity contribution in [3.05, 3.63) is 65.2 Å². The van der Waals surface area contributed by atoms with Gasteiger partial charge in [-0.05, 0) is 29.8 Å². The van der Waals surface area contributed by atoms with Crippen molar-refractivity contribution in [2.24, 2.45) is 0 Å². The van der Waals surface area contributed by atoms with Crippen LogP contribution < -0.4 is 5.32 Å². The van der Waals surface area contributed by atoms with Crippen molar-refractivity contribution in [3.63, 3.8) is 0 Å². The number of nitrogens with one attached hydrogen (secondary N) is 1.